The number of fused-ring (bicyclic) bond motifs is 1. The molecule has 13 heavy (non-hydrogen) atoms. The van der Waals surface area contributed by atoms with Gasteiger partial charge >= 0.3 is 5.97 Å². The summed E-state index contributed by atoms with van der Waals surface area (Å²) in [6.45, 7) is 0.851. The SMILES string of the molecule is COC(=O)[C@@H]1NCCc2ccsc21. The van der Waals surface area contributed by atoms with Crippen molar-refractivity contribution in [3.05, 3.63) is 21.9 Å². The molecule has 0 saturated heterocycles. The van der Waals surface area contributed by atoms with Crippen LogP contribution in [0.15, 0.2) is 11.4 Å². The van der Waals surface area contributed by atoms with Crippen LogP contribution in [0.5, 0.6) is 0 Å². The molecule has 0 aromatic carbocycles. The number of esters is 1. The summed E-state index contributed by atoms with van der Waals surface area (Å²) in [5.41, 5.74) is 1.28. The highest BCUT2D eigenvalue weighted by molar-refractivity contribution is 7.10. The van der Waals surface area contributed by atoms with Gasteiger partial charge in [0.2, 0.25) is 0 Å². The van der Waals surface area contributed by atoms with E-state index in [9.17, 15) is 4.79 Å². The van der Waals surface area contributed by atoms with Crippen LogP contribution in [-0.4, -0.2) is 19.6 Å². The van der Waals surface area contributed by atoms with E-state index in [1.165, 1.54) is 12.7 Å². The number of thiophene rings is 1. The van der Waals surface area contributed by atoms with E-state index < -0.39 is 0 Å². The molecular formula is C9H11NO2S. The van der Waals surface area contributed by atoms with Gasteiger partial charge in [-0.25, -0.2) is 4.79 Å². The summed E-state index contributed by atoms with van der Waals surface area (Å²) in [6.07, 6.45) is 1.01. The molecule has 3 nitrogen and oxygen atoms in total. The van der Waals surface area contributed by atoms with Gasteiger partial charge in [0.15, 0.2) is 0 Å². The van der Waals surface area contributed by atoms with Crippen LogP contribution < -0.4 is 5.32 Å². The number of carbonyl (C=O) groups is 1. The monoisotopic (exact) mass is 197 g/mol. The largest absolute Gasteiger partial charge is 0.468 e. The number of ether oxygens (including phenoxy) is 1. The fourth-order valence-corrected chi connectivity index (χ4v) is 2.58. The van der Waals surface area contributed by atoms with Crippen molar-refractivity contribution in [2.75, 3.05) is 13.7 Å². The van der Waals surface area contributed by atoms with Crippen molar-refractivity contribution in [2.45, 2.75) is 12.5 Å². The lowest BCUT2D eigenvalue weighted by atomic mass is 10.0. The van der Waals surface area contributed by atoms with Gasteiger partial charge in [-0.15, -0.1) is 11.3 Å². The average molecular weight is 197 g/mol. The maximum absolute atomic E-state index is 11.3. The first kappa shape index (κ1) is 8.72. The van der Waals surface area contributed by atoms with Crippen LogP contribution in [0.25, 0.3) is 0 Å². The van der Waals surface area contributed by atoms with Crippen LogP contribution in [0, 0.1) is 0 Å². The van der Waals surface area contributed by atoms with Crippen LogP contribution in [0.3, 0.4) is 0 Å². The van der Waals surface area contributed by atoms with Gasteiger partial charge in [0, 0.05) is 11.4 Å². The minimum Gasteiger partial charge on any atom is -0.468 e. The smallest absolute Gasteiger partial charge is 0.328 e. The van der Waals surface area contributed by atoms with E-state index in [-0.39, 0.29) is 12.0 Å². The Morgan fingerprint density at radius 3 is 3.38 bits per heavy atom. The third-order valence-corrected chi connectivity index (χ3v) is 3.25. The lowest BCUT2D eigenvalue weighted by Crippen LogP contribution is -2.34. The molecule has 0 unspecified atom stereocenters. The molecule has 1 aromatic rings. The van der Waals surface area contributed by atoms with Gasteiger partial charge < -0.3 is 4.74 Å². The van der Waals surface area contributed by atoms with E-state index in [2.05, 4.69) is 11.4 Å². The Kier molecular flexibility index (Phi) is 2.33. The molecule has 1 aromatic heterocycles. The van der Waals surface area contributed by atoms with Gasteiger partial charge in [-0.1, -0.05) is 0 Å². The van der Waals surface area contributed by atoms with Crippen LogP contribution in [0.2, 0.25) is 0 Å². The van der Waals surface area contributed by atoms with Crippen LogP contribution >= 0.6 is 11.3 Å². The molecule has 0 aliphatic carbocycles. The predicted molar refractivity (Wildman–Crippen MR) is 50.8 cm³/mol. The van der Waals surface area contributed by atoms with Crippen LogP contribution in [-0.2, 0) is 16.0 Å². The second-order valence-electron chi connectivity index (χ2n) is 2.97. The molecule has 1 aliphatic heterocycles. The van der Waals surface area contributed by atoms with Gasteiger partial charge in [0.1, 0.15) is 6.04 Å². The van der Waals surface area contributed by atoms with Gasteiger partial charge in [-0.2, -0.15) is 0 Å². The third kappa shape index (κ3) is 1.47. The van der Waals surface area contributed by atoms with Crippen LogP contribution in [0.1, 0.15) is 16.5 Å². The summed E-state index contributed by atoms with van der Waals surface area (Å²) in [6, 6.07) is 1.84. The maximum atomic E-state index is 11.3. The van der Waals surface area contributed by atoms with Gasteiger partial charge in [0.05, 0.1) is 7.11 Å². The van der Waals surface area contributed by atoms with Crippen LogP contribution in [0.4, 0.5) is 0 Å². The van der Waals surface area contributed by atoms with E-state index in [0.29, 0.717) is 0 Å². The Morgan fingerprint density at radius 2 is 2.62 bits per heavy atom. The zero-order valence-corrected chi connectivity index (χ0v) is 8.19. The molecule has 0 amide bonds. The molecule has 0 bridgehead atoms. The fourth-order valence-electron chi connectivity index (χ4n) is 1.56. The summed E-state index contributed by atoms with van der Waals surface area (Å²) in [4.78, 5) is 12.5. The van der Waals surface area contributed by atoms with E-state index in [4.69, 9.17) is 4.74 Å². The van der Waals surface area contributed by atoms with Crippen molar-refractivity contribution < 1.29 is 9.53 Å². The van der Waals surface area contributed by atoms with Gasteiger partial charge in [0.25, 0.3) is 0 Å². The van der Waals surface area contributed by atoms with E-state index >= 15 is 0 Å². The van der Waals surface area contributed by atoms with Crippen molar-refractivity contribution in [1.82, 2.24) is 5.32 Å². The Balaban J connectivity index is 2.30. The highest BCUT2D eigenvalue weighted by Crippen LogP contribution is 2.28. The Bertz CT molecular complexity index is 321. The van der Waals surface area contributed by atoms with Crippen molar-refractivity contribution >= 4 is 17.3 Å². The first-order chi connectivity index (χ1) is 6.33. The lowest BCUT2D eigenvalue weighted by Gasteiger charge is -2.21. The zero-order valence-electron chi connectivity index (χ0n) is 7.37. The van der Waals surface area contributed by atoms with E-state index in [1.54, 1.807) is 11.3 Å². The minimum absolute atomic E-state index is 0.191. The molecule has 2 rings (SSSR count). The molecule has 1 aliphatic rings. The Hall–Kier alpha value is -0.870. The van der Waals surface area contributed by atoms with Crippen molar-refractivity contribution in [1.29, 1.82) is 0 Å². The molecule has 0 spiro atoms. The summed E-state index contributed by atoms with van der Waals surface area (Å²) in [5, 5.41) is 5.17. The normalized spacial score (nSPS) is 20.8. The predicted octanol–water partition coefficient (Wildman–Crippen LogP) is 1.11. The quantitative estimate of drug-likeness (QED) is 0.685. The second-order valence-corrected chi connectivity index (χ2v) is 3.92. The molecule has 4 heteroatoms. The molecule has 0 fully saturated rings. The Labute approximate surface area is 80.7 Å². The Morgan fingerprint density at radius 1 is 1.77 bits per heavy atom. The van der Waals surface area contributed by atoms with Crippen molar-refractivity contribution in [3.8, 4) is 0 Å². The molecule has 0 saturated carbocycles. The molecule has 1 atom stereocenters. The summed E-state index contributed by atoms with van der Waals surface area (Å²) in [5.74, 6) is -0.191. The second kappa shape index (κ2) is 3.47. The summed E-state index contributed by atoms with van der Waals surface area (Å²) >= 11 is 1.61. The average Bonchev–Trinajstić information content (AvgIpc) is 2.63. The highest BCUT2D eigenvalue weighted by Gasteiger charge is 2.27. The molecule has 2 heterocycles. The standard InChI is InChI=1S/C9H11NO2S/c1-12-9(11)7-8-6(2-4-10-7)3-5-13-8/h3,5,7,10H,2,4H2,1H3/t7-/m1/s1. The zero-order chi connectivity index (χ0) is 9.26. The highest BCUT2D eigenvalue weighted by atomic mass is 32.1. The van der Waals surface area contributed by atoms with Gasteiger partial charge in [-0.3, -0.25) is 5.32 Å². The lowest BCUT2D eigenvalue weighted by molar-refractivity contribution is -0.143. The molecule has 0 radical (unpaired) electrons. The number of hydrogen-bond donors (Lipinski definition) is 1. The number of rotatable bonds is 1. The number of methoxy groups -OCH3 is 1. The third-order valence-electron chi connectivity index (χ3n) is 2.22. The van der Waals surface area contributed by atoms with Crippen molar-refractivity contribution in [2.24, 2.45) is 0 Å². The maximum Gasteiger partial charge on any atom is 0.328 e. The van der Waals surface area contributed by atoms with E-state index in [0.717, 1.165) is 17.8 Å². The minimum atomic E-state index is -0.242. The summed E-state index contributed by atoms with van der Waals surface area (Å²) in [7, 11) is 1.42. The number of nitrogens with one attached hydrogen (secondary N) is 1. The summed E-state index contributed by atoms with van der Waals surface area (Å²) < 4.78 is 4.72. The number of hydrogen-bond acceptors (Lipinski definition) is 4. The molecule has 70 valence electrons. The number of carbonyl (C=O) groups excluding carboxylic acids is 1. The first-order valence-corrected chi connectivity index (χ1v) is 5.08. The topological polar surface area (TPSA) is 38.3 Å². The van der Waals surface area contributed by atoms with Gasteiger partial charge in [-0.05, 0) is 23.4 Å². The first-order valence-electron chi connectivity index (χ1n) is 4.20. The molecule has 1 N–H and O–H groups in total. The van der Waals surface area contributed by atoms with E-state index in [1.807, 2.05) is 5.38 Å². The molecular weight excluding hydrogens is 186 g/mol. The fraction of sp³-hybridized carbons (Fsp3) is 0.444. The van der Waals surface area contributed by atoms with Crippen molar-refractivity contribution in [3.63, 3.8) is 0 Å².